The largest absolute Gasteiger partial charge is 0.566 e. The summed E-state index contributed by atoms with van der Waals surface area (Å²) in [4.78, 5) is 10.9. The van der Waals surface area contributed by atoms with E-state index in [4.69, 9.17) is 4.52 Å². The van der Waals surface area contributed by atoms with Gasteiger partial charge in [-0.05, 0) is 50.6 Å². The standard InChI is InChI=1S/C17H27O4P/c1-8-14(21-22(19)20)11-9-12(16(2,3)4)15(18)13(10-11)17(5,6)7/h9-10,14,18H,8H2,1-7H3. The molecule has 0 fully saturated rings. The highest BCUT2D eigenvalue weighted by atomic mass is 31.1. The predicted molar refractivity (Wildman–Crippen MR) is 87.2 cm³/mol. The minimum absolute atomic E-state index is 0.252. The van der Waals surface area contributed by atoms with Gasteiger partial charge in [-0.3, -0.25) is 0 Å². The molecule has 0 radical (unpaired) electrons. The molecule has 0 aromatic heterocycles. The zero-order chi connectivity index (χ0) is 17.3. The molecule has 0 heterocycles. The summed E-state index contributed by atoms with van der Waals surface area (Å²) in [7, 11) is -2.91. The third-order valence-electron chi connectivity index (χ3n) is 3.70. The Morgan fingerprint density at radius 1 is 1.14 bits per heavy atom. The molecule has 124 valence electrons. The highest BCUT2D eigenvalue weighted by Crippen LogP contribution is 2.42. The van der Waals surface area contributed by atoms with Gasteiger partial charge in [-0.1, -0.05) is 48.5 Å². The molecule has 2 atom stereocenters. The van der Waals surface area contributed by atoms with Crippen molar-refractivity contribution in [3.05, 3.63) is 28.8 Å². The van der Waals surface area contributed by atoms with E-state index in [9.17, 15) is 14.6 Å². The molecule has 1 N–H and O–H groups in total. The second kappa shape index (κ2) is 6.66. The van der Waals surface area contributed by atoms with Gasteiger partial charge < -0.3 is 10.00 Å². The van der Waals surface area contributed by atoms with E-state index in [2.05, 4.69) is 0 Å². The molecule has 1 aromatic rings. The molecule has 0 saturated carbocycles. The van der Waals surface area contributed by atoms with Crippen molar-refractivity contribution in [1.82, 2.24) is 0 Å². The molecule has 0 saturated heterocycles. The van der Waals surface area contributed by atoms with Crippen molar-refractivity contribution in [2.24, 2.45) is 0 Å². The molecule has 0 amide bonds. The normalized spacial score (nSPS) is 14.8. The zero-order valence-corrected chi connectivity index (χ0v) is 15.5. The average molecular weight is 326 g/mol. The van der Waals surface area contributed by atoms with Gasteiger partial charge in [0.2, 0.25) is 0 Å². The van der Waals surface area contributed by atoms with Crippen LogP contribution in [0.3, 0.4) is 0 Å². The van der Waals surface area contributed by atoms with Gasteiger partial charge in [0.1, 0.15) is 11.9 Å². The number of hydrogen-bond acceptors (Lipinski definition) is 4. The Bertz CT molecular complexity index is 518. The van der Waals surface area contributed by atoms with E-state index in [0.717, 1.165) is 16.7 Å². The van der Waals surface area contributed by atoms with Crippen LogP contribution < -0.4 is 4.89 Å². The Labute approximate surface area is 134 Å². The maximum atomic E-state index is 10.9. The molecule has 22 heavy (non-hydrogen) atoms. The van der Waals surface area contributed by atoms with Crippen LogP contribution in [0.5, 0.6) is 5.75 Å². The lowest BCUT2D eigenvalue weighted by atomic mass is 9.78. The molecule has 0 aliphatic rings. The van der Waals surface area contributed by atoms with Gasteiger partial charge in [-0.2, -0.15) is 0 Å². The Hall–Kier alpha value is -0.960. The van der Waals surface area contributed by atoms with Gasteiger partial charge in [0, 0.05) is 0 Å². The maximum Gasteiger partial charge on any atom is 0.489 e. The van der Waals surface area contributed by atoms with Gasteiger partial charge in [0.15, 0.2) is 0 Å². The first-order valence-corrected chi connectivity index (χ1v) is 8.66. The number of rotatable bonds is 4. The minimum Gasteiger partial charge on any atom is -0.566 e. The van der Waals surface area contributed by atoms with Crippen LogP contribution in [0.2, 0.25) is 0 Å². The van der Waals surface area contributed by atoms with E-state index in [1.807, 2.05) is 60.6 Å². The van der Waals surface area contributed by atoms with Crippen molar-refractivity contribution in [3.63, 3.8) is 0 Å². The first-order chi connectivity index (χ1) is 9.87. The number of hydrogen-bond donors (Lipinski definition) is 1. The lowest BCUT2D eigenvalue weighted by Gasteiger charge is -2.29. The van der Waals surface area contributed by atoms with Gasteiger partial charge in [-0.15, -0.1) is 4.52 Å². The molecule has 0 aliphatic carbocycles. The molecular weight excluding hydrogens is 299 g/mol. The molecule has 2 unspecified atom stereocenters. The Kier molecular flexibility index (Phi) is 5.77. The van der Waals surface area contributed by atoms with Crippen LogP contribution in [-0.2, 0) is 19.9 Å². The maximum absolute atomic E-state index is 10.9. The zero-order valence-electron chi connectivity index (χ0n) is 14.6. The summed E-state index contributed by atoms with van der Waals surface area (Å²) < 4.78 is 16.0. The van der Waals surface area contributed by atoms with Crippen LogP contribution in [-0.4, -0.2) is 5.11 Å². The highest BCUT2D eigenvalue weighted by molar-refractivity contribution is 7.30. The van der Waals surface area contributed by atoms with Crippen molar-refractivity contribution in [2.75, 3.05) is 0 Å². The van der Waals surface area contributed by atoms with E-state index in [1.54, 1.807) is 0 Å². The van der Waals surface area contributed by atoms with Crippen LogP contribution in [0.4, 0.5) is 0 Å². The summed E-state index contributed by atoms with van der Waals surface area (Å²) in [5.74, 6) is 0.283. The molecule has 1 aromatic carbocycles. The number of phenolic OH excluding ortho intramolecular Hbond substituents is 1. The Balaban J connectivity index is 3.56. The summed E-state index contributed by atoms with van der Waals surface area (Å²) in [6.45, 7) is 14.0. The smallest absolute Gasteiger partial charge is 0.489 e. The van der Waals surface area contributed by atoms with Crippen molar-refractivity contribution >= 4 is 8.25 Å². The minimum atomic E-state index is -2.91. The summed E-state index contributed by atoms with van der Waals surface area (Å²) >= 11 is 0. The lowest BCUT2D eigenvalue weighted by Crippen LogP contribution is -2.18. The highest BCUT2D eigenvalue weighted by Gasteiger charge is 2.29. The summed E-state index contributed by atoms with van der Waals surface area (Å²) in [6, 6.07) is 3.72. The van der Waals surface area contributed by atoms with E-state index >= 15 is 0 Å². The van der Waals surface area contributed by atoms with Gasteiger partial charge in [0.25, 0.3) is 0 Å². The number of phenols is 1. The summed E-state index contributed by atoms with van der Waals surface area (Å²) in [6.07, 6.45) is 0.0188. The molecule has 0 bridgehead atoms. The summed E-state index contributed by atoms with van der Waals surface area (Å²) in [5.41, 5.74) is 1.89. The molecular formula is C17H27O4P. The SMILES string of the molecule is CCC(O[P+](=O)[O-])c1cc(C(C)(C)C)c(O)c(C(C)(C)C)c1. The third-order valence-corrected chi connectivity index (χ3v) is 4.13. The van der Waals surface area contributed by atoms with E-state index in [-0.39, 0.29) is 16.6 Å². The van der Waals surface area contributed by atoms with Crippen LogP contribution in [0.15, 0.2) is 12.1 Å². The van der Waals surface area contributed by atoms with Crippen LogP contribution in [0, 0.1) is 0 Å². The van der Waals surface area contributed by atoms with Gasteiger partial charge in [0.05, 0.1) is 0 Å². The predicted octanol–water partition coefficient (Wildman–Crippen LogP) is 4.47. The molecule has 5 heteroatoms. The fourth-order valence-corrected chi connectivity index (χ4v) is 2.94. The van der Waals surface area contributed by atoms with Gasteiger partial charge >= 0.3 is 8.25 Å². The molecule has 4 nitrogen and oxygen atoms in total. The number of aromatic hydroxyl groups is 1. The third kappa shape index (κ3) is 4.52. The first-order valence-electron chi connectivity index (χ1n) is 7.57. The Morgan fingerprint density at radius 2 is 1.55 bits per heavy atom. The molecule has 0 spiro atoms. The molecule has 1 rings (SSSR count). The van der Waals surface area contributed by atoms with E-state index in [1.165, 1.54) is 0 Å². The van der Waals surface area contributed by atoms with Crippen LogP contribution >= 0.6 is 8.25 Å². The van der Waals surface area contributed by atoms with Crippen molar-refractivity contribution in [1.29, 1.82) is 0 Å². The van der Waals surface area contributed by atoms with Crippen molar-refractivity contribution in [3.8, 4) is 5.75 Å². The van der Waals surface area contributed by atoms with E-state index < -0.39 is 14.4 Å². The fourth-order valence-electron chi connectivity index (χ4n) is 2.46. The van der Waals surface area contributed by atoms with Crippen LogP contribution in [0.1, 0.15) is 77.7 Å². The summed E-state index contributed by atoms with van der Waals surface area (Å²) in [5, 5.41) is 10.7. The number of benzene rings is 1. The quantitative estimate of drug-likeness (QED) is 0.829. The molecule has 0 aliphatic heterocycles. The second-order valence-corrected chi connectivity index (χ2v) is 8.35. The lowest BCUT2D eigenvalue weighted by molar-refractivity contribution is -0.189. The topological polar surface area (TPSA) is 69.6 Å². The average Bonchev–Trinajstić information content (AvgIpc) is 2.33. The van der Waals surface area contributed by atoms with Crippen molar-refractivity contribution in [2.45, 2.75) is 71.8 Å². The second-order valence-electron chi connectivity index (χ2n) is 7.69. The van der Waals surface area contributed by atoms with Crippen LogP contribution in [0.25, 0.3) is 0 Å². The first kappa shape index (κ1) is 19.1. The monoisotopic (exact) mass is 326 g/mol. The van der Waals surface area contributed by atoms with Crippen molar-refractivity contribution < 1.29 is 19.1 Å². The van der Waals surface area contributed by atoms with Gasteiger partial charge in [-0.25, -0.2) is 0 Å². The fraction of sp³-hybridized carbons (Fsp3) is 0.647. The van der Waals surface area contributed by atoms with E-state index in [0.29, 0.717) is 6.42 Å². The Morgan fingerprint density at radius 3 is 1.82 bits per heavy atom.